The molecular weight excluding hydrogens is 290 g/mol. The Labute approximate surface area is 126 Å². The van der Waals surface area contributed by atoms with Gasteiger partial charge in [0, 0.05) is 30.6 Å². The second kappa shape index (κ2) is 5.44. The van der Waals surface area contributed by atoms with Crippen molar-refractivity contribution >= 4 is 17.1 Å². The number of nitrogens with one attached hydrogen (secondary N) is 1. The molecule has 0 saturated carbocycles. The van der Waals surface area contributed by atoms with Gasteiger partial charge in [-0.05, 0) is 13.3 Å². The molecule has 0 aromatic carbocycles. The van der Waals surface area contributed by atoms with Crippen molar-refractivity contribution in [3.05, 3.63) is 46.8 Å². The smallest absolute Gasteiger partial charge is 0.130 e. The molecule has 7 nitrogen and oxygen atoms in total. The van der Waals surface area contributed by atoms with Gasteiger partial charge >= 0.3 is 0 Å². The van der Waals surface area contributed by atoms with Gasteiger partial charge in [0.25, 0.3) is 0 Å². The van der Waals surface area contributed by atoms with Crippen LogP contribution in [0.1, 0.15) is 22.9 Å². The van der Waals surface area contributed by atoms with Crippen molar-refractivity contribution < 1.29 is 0 Å². The molecule has 1 atom stereocenters. The molecule has 3 rings (SSSR count). The number of aromatic nitrogens is 5. The minimum atomic E-state index is -0.118. The van der Waals surface area contributed by atoms with Gasteiger partial charge in [0.2, 0.25) is 0 Å². The van der Waals surface area contributed by atoms with Gasteiger partial charge in [0.15, 0.2) is 0 Å². The van der Waals surface area contributed by atoms with Gasteiger partial charge in [-0.3, -0.25) is 20.9 Å². The Bertz CT molecular complexity index is 776. The molecule has 0 aliphatic rings. The molecule has 1 unspecified atom stereocenters. The van der Waals surface area contributed by atoms with Gasteiger partial charge in [-0.15, -0.1) is 0 Å². The lowest BCUT2D eigenvalue weighted by Crippen LogP contribution is -2.29. The van der Waals surface area contributed by atoms with Crippen molar-refractivity contribution in [3.63, 3.8) is 0 Å². The molecule has 8 heteroatoms. The fourth-order valence-corrected chi connectivity index (χ4v) is 2.74. The van der Waals surface area contributed by atoms with Crippen molar-refractivity contribution in [2.75, 3.05) is 0 Å². The lowest BCUT2D eigenvalue weighted by atomic mass is 10.0. The van der Waals surface area contributed by atoms with Gasteiger partial charge in [0.1, 0.15) is 5.15 Å². The number of hydrogen-bond donors (Lipinski definition) is 2. The van der Waals surface area contributed by atoms with Crippen molar-refractivity contribution in [1.82, 2.24) is 29.8 Å². The first-order chi connectivity index (χ1) is 10.1. The van der Waals surface area contributed by atoms with Crippen molar-refractivity contribution in [2.45, 2.75) is 19.4 Å². The number of rotatable bonds is 4. The van der Waals surface area contributed by atoms with Gasteiger partial charge < -0.3 is 0 Å². The zero-order valence-electron chi connectivity index (χ0n) is 11.8. The highest BCUT2D eigenvalue weighted by molar-refractivity contribution is 6.30. The predicted octanol–water partition coefficient (Wildman–Crippen LogP) is 1.17. The number of nitrogens with two attached hydrogens (primary N) is 1. The third-order valence-electron chi connectivity index (χ3n) is 3.61. The van der Waals surface area contributed by atoms with Crippen molar-refractivity contribution in [3.8, 4) is 0 Å². The monoisotopic (exact) mass is 305 g/mol. The van der Waals surface area contributed by atoms with E-state index in [4.69, 9.17) is 17.4 Å². The van der Waals surface area contributed by atoms with Gasteiger partial charge in [-0.2, -0.15) is 10.2 Å². The third kappa shape index (κ3) is 2.39. The van der Waals surface area contributed by atoms with Crippen LogP contribution in [0.3, 0.4) is 0 Å². The summed E-state index contributed by atoms with van der Waals surface area (Å²) < 4.78 is 3.43. The molecule has 0 spiro atoms. The van der Waals surface area contributed by atoms with Crippen molar-refractivity contribution in [2.24, 2.45) is 12.9 Å². The minimum absolute atomic E-state index is 0.118. The Balaban J connectivity index is 1.99. The highest BCUT2D eigenvalue weighted by Gasteiger charge is 2.20. The molecule has 0 saturated heterocycles. The number of hydrazine groups is 1. The summed E-state index contributed by atoms with van der Waals surface area (Å²) in [6.45, 7) is 1.94. The van der Waals surface area contributed by atoms with Gasteiger partial charge in [-0.1, -0.05) is 11.6 Å². The molecule has 110 valence electrons. The number of hydrogen-bond acceptors (Lipinski definition) is 5. The normalized spacial score (nSPS) is 13.0. The summed E-state index contributed by atoms with van der Waals surface area (Å²) >= 11 is 6.29. The van der Waals surface area contributed by atoms with Crippen LogP contribution in [-0.4, -0.2) is 24.4 Å². The highest BCUT2D eigenvalue weighted by Crippen LogP contribution is 2.27. The molecule has 3 aromatic rings. The molecule has 3 aromatic heterocycles. The second-order valence-corrected chi connectivity index (χ2v) is 5.27. The molecule has 21 heavy (non-hydrogen) atoms. The van der Waals surface area contributed by atoms with Crippen LogP contribution in [0.5, 0.6) is 0 Å². The van der Waals surface area contributed by atoms with E-state index in [9.17, 15) is 0 Å². The summed E-state index contributed by atoms with van der Waals surface area (Å²) in [5, 5.41) is 9.26. The Morgan fingerprint density at radius 1 is 1.43 bits per heavy atom. The minimum Gasteiger partial charge on any atom is -0.271 e. The first-order valence-corrected chi connectivity index (χ1v) is 6.91. The summed E-state index contributed by atoms with van der Waals surface area (Å²) in [5.41, 5.74) is 6.60. The molecular formula is C13H16ClN7. The van der Waals surface area contributed by atoms with E-state index in [1.54, 1.807) is 34.0 Å². The Morgan fingerprint density at radius 3 is 2.90 bits per heavy atom. The number of aryl methyl sites for hydroxylation is 2. The molecule has 0 amide bonds. The average Bonchev–Trinajstić information content (AvgIpc) is 3.00. The first-order valence-electron chi connectivity index (χ1n) is 6.53. The molecule has 0 bridgehead atoms. The van der Waals surface area contributed by atoms with E-state index in [-0.39, 0.29) is 6.04 Å². The SMILES string of the molecule is Cc1nn(C)c(Cl)c1CC(NN)c1cnn2ccncc12. The van der Waals surface area contributed by atoms with E-state index < -0.39 is 0 Å². The number of nitrogens with zero attached hydrogens (tertiary/aromatic N) is 5. The van der Waals surface area contributed by atoms with Crippen LogP contribution in [0.2, 0.25) is 5.15 Å². The third-order valence-corrected chi connectivity index (χ3v) is 4.08. The highest BCUT2D eigenvalue weighted by atomic mass is 35.5. The zero-order valence-corrected chi connectivity index (χ0v) is 12.5. The van der Waals surface area contributed by atoms with Crippen LogP contribution in [0, 0.1) is 6.92 Å². The Hall–Kier alpha value is -1.96. The van der Waals surface area contributed by atoms with Crippen LogP contribution < -0.4 is 11.3 Å². The summed E-state index contributed by atoms with van der Waals surface area (Å²) in [6, 6.07) is -0.118. The fraction of sp³-hybridized carbons (Fsp3) is 0.308. The maximum absolute atomic E-state index is 6.29. The van der Waals surface area contributed by atoms with Crippen LogP contribution in [0.25, 0.3) is 5.52 Å². The zero-order chi connectivity index (χ0) is 15.0. The van der Waals surface area contributed by atoms with Gasteiger partial charge in [-0.25, -0.2) is 4.52 Å². The predicted molar refractivity (Wildman–Crippen MR) is 79.7 cm³/mol. The molecule has 0 aliphatic carbocycles. The van der Waals surface area contributed by atoms with E-state index in [0.29, 0.717) is 11.6 Å². The van der Waals surface area contributed by atoms with Crippen LogP contribution >= 0.6 is 11.6 Å². The van der Waals surface area contributed by atoms with Crippen LogP contribution in [0.15, 0.2) is 24.8 Å². The quantitative estimate of drug-likeness (QED) is 0.558. The second-order valence-electron chi connectivity index (χ2n) is 4.91. The van der Waals surface area contributed by atoms with Crippen LogP contribution in [0.4, 0.5) is 0 Å². The Kier molecular flexibility index (Phi) is 3.62. The Morgan fingerprint density at radius 2 is 2.24 bits per heavy atom. The summed E-state index contributed by atoms with van der Waals surface area (Å²) in [7, 11) is 1.82. The van der Waals surface area contributed by atoms with E-state index in [2.05, 4.69) is 20.6 Å². The topological polar surface area (TPSA) is 86.1 Å². The lowest BCUT2D eigenvalue weighted by Gasteiger charge is -2.14. The van der Waals surface area contributed by atoms with Crippen molar-refractivity contribution in [1.29, 1.82) is 0 Å². The van der Waals surface area contributed by atoms with E-state index in [0.717, 1.165) is 22.3 Å². The number of fused-ring (bicyclic) bond motifs is 1. The van der Waals surface area contributed by atoms with Gasteiger partial charge in [0.05, 0.1) is 29.6 Å². The molecule has 3 heterocycles. The maximum atomic E-state index is 6.29. The van der Waals surface area contributed by atoms with E-state index in [1.807, 2.05) is 14.0 Å². The summed E-state index contributed by atoms with van der Waals surface area (Å²) in [6.07, 6.45) is 7.68. The molecule has 0 fully saturated rings. The largest absolute Gasteiger partial charge is 0.271 e. The average molecular weight is 306 g/mol. The van der Waals surface area contributed by atoms with E-state index >= 15 is 0 Å². The lowest BCUT2D eigenvalue weighted by molar-refractivity contribution is 0.554. The first kappa shape index (κ1) is 14.0. The van der Waals surface area contributed by atoms with E-state index in [1.165, 1.54) is 0 Å². The summed E-state index contributed by atoms with van der Waals surface area (Å²) in [4.78, 5) is 4.14. The fourth-order valence-electron chi connectivity index (χ4n) is 2.49. The number of halogens is 1. The standard InChI is InChI=1S/C13H16ClN7/c1-8-9(13(14)20(2)19-8)5-11(18-15)10-6-17-21-4-3-16-7-12(10)21/h3-4,6-7,11,18H,5,15H2,1-2H3. The molecule has 3 N–H and O–H groups in total. The molecule has 0 aliphatic heterocycles. The van der Waals surface area contributed by atoms with Crippen LogP contribution in [-0.2, 0) is 13.5 Å². The summed E-state index contributed by atoms with van der Waals surface area (Å²) in [5.74, 6) is 5.73. The molecule has 0 radical (unpaired) electrons. The maximum Gasteiger partial charge on any atom is 0.130 e.